The Labute approximate surface area is 144 Å². The summed E-state index contributed by atoms with van der Waals surface area (Å²) in [5, 5.41) is 12.8. The maximum absolute atomic E-state index is 9.63. The Kier molecular flexibility index (Phi) is 7.49. The van der Waals surface area contributed by atoms with Crippen LogP contribution in [0.5, 0.6) is 0 Å². The number of rotatable bonds is 7. The zero-order valence-electron chi connectivity index (χ0n) is 14.7. The highest BCUT2D eigenvalue weighted by molar-refractivity contribution is 5.78. The molecule has 1 atom stereocenters. The second kappa shape index (κ2) is 9.61. The lowest BCUT2D eigenvalue weighted by Crippen LogP contribution is -2.40. The molecular weight excluding hydrogens is 304 g/mol. The summed E-state index contributed by atoms with van der Waals surface area (Å²) in [7, 11) is 1.67. The number of hydrogen-bond acceptors (Lipinski definition) is 4. The molecule has 1 aromatic rings. The lowest BCUT2D eigenvalue weighted by atomic mass is 10.0. The van der Waals surface area contributed by atoms with E-state index in [4.69, 9.17) is 10.5 Å². The third-order valence-corrected chi connectivity index (χ3v) is 4.30. The average Bonchev–Trinajstić information content (AvgIpc) is 2.56. The van der Waals surface area contributed by atoms with Crippen LogP contribution in [0.2, 0.25) is 0 Å². The lowest BCUT2D eigenvalue weighted by Gasteiger charge is -2.30. The van der Waals surface area contributed by atoms with E-state index in [2.05, 4.69) is 33.4 Å². The summed E-state index contributed by atoms with van der Waals surface area (Å²) in [6.45, 7) is 5.93. The second-order valence-corrected chi connectivity index (χ2v) is 6.48. The smallest absolute Gasteiger partial charge is 0.189 e. The van der Waals surface area contributed by atoms with E-state index in [1.54, 1.807) is 7.11 Å². The molecule has 1 fully saturated rings. The quantitative estimate of drug-likeness (QED) is 0.513. The van der Waals surface area contributed by atoms with Gasteiger partial charge in [0.05, 0.1) is 19.3 Å². The second-order valence-electron chi connectivity index (χ2n) is 6.48. The topological polar surface area (TPSA) is 83.1 Å². The molecule has 1 heterocycles. The maximum atomic E-state index is 9.63. The van der Waals surface area contributed by atoms with Gasteiger partial charge in [-0.25, -0.2) is 4.99 Å². The number of ether oxygens (including phenoxy) is 1. The Morgan fingerprint density at radius 1 is 1.38 bits per heavy atom. The van der Waals surface area contributed by atoms with Crippen molar-refractivity contribution in [2.45, 2.75) is 45.0 Å². The Balaban J connectivity index is 1.93. The van der Waals surface area contributed by atoms with Gasteiger partial charge in [0.1, 0.15) is 0 Å². The number of nitrogens with one attached hydrogen (secondary N) is 1. The third-order valence-electron chi connectivity index (χ3n) is 4.30. The summed E-state index contributed by atoms with van der Waals surface area (Å²) in [5.41, 5.74) is 8.41. The van der Waals surface area contributed by atoms with Crippen LogP contribution in [0.15, 0.2) is 29.3 Å². The summed E-state index contributed by atoms with van der Waals surface area (Å²) in [4.78, 5) is 6.84. The van der Waals surface area contributed by atoms with E-state index in [1.807, 2.05) is 13.0 Å². The number of aliphatic hydroxyl groups is 1. The van der Waals surface area contributed by atoms with Gasteiger partial charge in [-0.2, -0.15) is 0 Å². The van der Waals surface area contributed by atoms with E-state index in [-0.39, 0.29) is 12.1 Å². The standard InChI is InChI=1S/C18H30N4O2/c1-14(13-24-2)21-18(19)20-11-15-5-3-4-6-16(15)12-22-9-7-17(23)8-10-22/h3-6,14,17,23H,7-13H2,1-2H3,(H3,19,20,21). The van der Waals surface area contributed by atoms with Crippen molar-refractivity contribution < 1.29 is 9.84 Å². The highest BCUT2D eigenvalue weighted by Gasteiger charge is 2.17. The molecule has 0 bridgehead atoms. The molecule has 2 rings (SSSR count). The van der Waals surface area contributed by atoms with Crippen LogP contribution in [0.1, 0.15) is 30.9 Å². The van der Waals surface area contributed by atoms with Crippen molar-refractivity contribution in [3.63, 3.8) is 0 Å². The first kappa shape index (κ1) is 18.7. The predicted molar refractivity (Wildman–Crippen MR) is 96.8 cm³/mol. The van der Waals surface area contributed by atoms with Crippen molar-refractivity contribution in [3.05, 3.63) is 35.4 Å². The van der Waals surface area contributed by atoms with Crippen molar-refractivity contribution in [3.8, 4) is 0 Å². The summed E-state index contributed by atoms with van der Waals surface area (Å²) in [6, 6.07) is 8.47. The normalized spacial score (nSPS) is 18.5. The largest absolute Gasteiger partial charge is 0.393 e. The number of hydrogen-bond donors (Lipinski definition) is 3. The molecule has 0 saturated carbocycles. The van der Waals surface area contributed by atoms with Crippen molar-refractivity contribution in [1.82, 2.24) is 10.2 Å². The molecule has 1 aliphatic rings. The minimum atomic E-state index is -0.138. The van der Waals surface area contributed by atoms with E-state index in [0.717, 1.165) is 32.5 Å². The summed E-state index contributed by atoms with van der Waals surface area (Å²) < 4.78 is 5.08. The molecule has 1 unspecified atom stereocenters. The highest BCUT2D eigenvalue weighted by atomic mass is 16.5. The average molecular weight is 334 g/mol. The third kappa shape index (κ3) is 6.11. The van der Waals surface area contributed by atoms with Crippen LogP contribution in [0.3, 0.4) is 0 Å². The van der Waals surface area contributed by atoms with E-state index < -0.39 is 0 Å². The number of aliphatic hydroxyl groups excluding tert-OH is 1. The number of guanidine groups is 1. The molecule has 0 aromatic heterocycles. The van der Waals surface area contributed by atoms with Crippen LogP contribution < -0.4 is 11.1 Å². The Morgan fingerprint density at radius 2 is 2.04 bits per heavy atom. The fourth-order valence-electron chi connectivity index (χ4n) is 2.94. The minimum Gasteiger partial charge on any atom is -0.393 e. The molecule has 4 N–H and O–H groups in total. The van der Waals surface area contributed by atoms with Gasteiger partial charge in [0.2, 0.25) is 0 Å². The van der Waals surface area contributed by atoms with Crippen LogP contribution >= 0.6 is 0 Å². The number of piperidine rings is 1. The van der Waals surface area contributed by atoms with E-state index in [9.17, 15) is 5.11 Å². The van der Waals surface area contributed by atoms with Gasteiger partial charge in [0, 0.05) is 32.8 Å². The monoisotopic (exact) mass is 334 g/mol. The van der Waals surface area contributed by atoms with Crippen molar-refractivity contribution in [1.29, 1.82) is 0 Å². The van der Waals surface area contributed by atoms with Crippen molar-refractivity contribution >= 4 is 5.96 Å². The number of methoxy groups -OCH3 is 1. The molecular formula is C18H30N4O2. The molecule has 1 aromatic carbocycles. The number of benzene rings is 1. The Bertz CT molecular complexity index is 528. The fraction of sp³-hybridized carbons (Fsp3) is 0.611. The molecule has 134 valence electrons. The van der Waals surface area contributed by atoms with Gasteiger partial charge < -0.3 is 20.9 Å². The van der Waals surface area contributed by atoms with E-state index in [1.165, 1.54) is 11.1 Å². The number of nitrogens with zero attached hydrogens (tertiary/aromatic N) is 2. The molecule has 1 aliphatic heterocycles. The maximum Gasteiger partial charge on any atom is 0.189 e. The first-order valence-electron chi connectivity index (χ1n) is 8.61. The van der Waals surface area contributed by atoms with Crippen molar-refractivity contribution in [2.24, 2.45) is 10.7 Å². The van der Waals surface area contributed by atoms with Gasteiger partial charge in [-0.15, -0.1) is 0 Å². The van der Waals surface area contributed by atoms with Crippen molar-refractivity contribution in [2.75, 3.05) is 26.8 Å². The summed E-state index contributed by atoms with van der Waals surface area (Å²) in [5.74, 6) is 0.440. The van der Waals surface area contributed by atoms with Gasteiger partial charge in [-0.1, -0.05) is 24.3 Å². The summed E-state index contributed by atoms with van der Waals surface area (Å²) >= 11 is 0. The number of likely N-dealkylation sites (tertiary alicyclic amines) is 1. The zero-order chi connectivity index (χ0) is 17.4. The fourth-order valence-corrected chi connectivity index (χ4v) is 2.94. The van der Waals surface area contributed by atoms with Crippen LogP contribution in [0.4, 0.5) is 0 Å². The molecule has 1 saturated heterocycles. The highest BCUT2D eigenvalue weighted by Crippen LogP contribution is 2.17. The van der Waals surface area contributed by atoms with Crippen LogP contribution in [-0.2, 0) is 17.8 Å². The Morgan fingerprint density at radius 3 is 2.71 bits per heavy atom. The van der Waals surface area contributed by atoms with Gasteiger partial charge in [0.25, 0.3) is 0 Å². The van der Waals surface area contributed by atoms with Crippen LogP contribution in [-0.4, -0.2) is 54.9 Å². The molecule has 6 heteroatoms. The Hall–Kier alpha value is -1.63. The van der Waals surface area contributed by atoms with Gasteiger partial charge in [-0.3, -0.25) is 4.90 Å². The molecule has 0 radical (unpaired) electrons. The molecule has 0 amide bonds. The first-order chi connectivity index (χ1) is 11.6. The first-order valence-corrected chi connectivity index (χ1v) is 8.61. The molecule has 6 nitrogen and oxygen atoms in total. The predicted octanol–water partition coefficient (Wildman–Crippen LogP) is 1.08. The van der Waals surface area contributed by atoms with Crippen LogP contribution in [0, 0.1) is 0 Å². The molecule has 24 heavy (non-hydrogen) atoms. The lowest BCUT2D eigenvalue weighted by molar-refractivity contribution is 0.0791. The van der Waals surface area contributed by atoms with Gasteiger partial charge in [-0.05, 0) is 30.9 Å². The zero-order valence-corrected chi connectivity index (χ0v) is 14.7. The van der Waals surface area contributed by atoms with E-state index in [0.29, 0.717) is 19.1 Å². The minimum absolute atomic E-state index is 0.133. The van der Waals surface area contributed by atoms with Gasteiger partial charge in [0.15, 0.2) is 5.96 Å². The molecule has 0 aliphatic carbocycles. The number of aliphatic imine (C=N–C) groups is 1. The van der Waals surface area contributed by atoms with Crippen LogP contribution in [0.25, 0.3) is 0 Å². The number of nitrogens with two attached hydrogens (primary N) is 1. The van der Waals surface area contributed by atoms with Gasteiger partial charge >= 0.3 is 0 Å². The van der Waals surface area contributed by atoms with E-state index >= 15 is 0 Å². The SMILES string of the molecule is COCC(C)NC(N)=NCc1ccccc1CN1CCC(O)CC1. The molecule has 0 spiro atoms. The summed E-state index contributed by atoms with van der Waals surface area (Å²) in [6.07, 6.45) is 1.57.